The van der Waals surface area contributed by atoms with Crippen LogP contribution in [0.15, 0.2) is 95.0 Å². The monoisotopic (exact) mass is 538 g/mol. The molecule has 4 heterocycles. The van der Waals surface area contributed by atoms with Crippen molar-refractivity contribution in [2.24, 2.45) is 0 Å². The molecular weight excluding hydrogens is 508 g/mol. The van der Waals surface area contributed by atoms with Crippen molar-refractivity contribution in [1.82, 2.24) is 29.1 Å². The highest BCUT2D eigenvalue weighted by Gasteiger charge is 2.07. The Hall–Kier alpha value is -5.12. The van der Waals surface area contributed by atoms with E-state index in [1.54, 1.807) is 52.8 Å². The maximum Gasteiger partial charge on any atom is 0.261 e. The maximum absolute atomic E-state index is 12.2. The summed E-state index contributed by atoms with van der Waals surface area (Å²) in [7, 11) is 3.29. The first-order valence-corrected chi connectivity index (χ1v) is 12.8. The van der Waals surface area contributed by atoms with Gasteiger partial charge in [-0.15, -0.1) is 0 Å². The van der Waals surface area contributed by atoms with Crippen LogP contribution in [0, 0.1) is 0 Å². The number of aryl methyl sites for hydroxylation is 1. The Morgan fingerprint density at radius 1 is 0.725 bits per heavy atom. The molecule has 1 N–H and O–H groups in total. The minimum absolute atomic E-state index is 0.0102. The molecule has 0 radical (unpaired) electrons. The molecule has 0 saturated heterocycles. The third-order valence-corrected chi connectivity index (χ3v) is 6.53. The maximum atomic E-state index is 12.2. The molecule has 4 aromatic heterocycles. The highest BCUT2D eigenvalue weighted by molar-refractivity contribution is 5.77. The molecule has 0 fully saturated rings. The van der Waals surface area contributed by atoms with Crippen molar-refractivity contribution in [3.63, 3.8) is 0 Å². The summed E-state index contributed by atoms with van der Waals surface area (Å²) >= 11 is 0. The van der Waals surface area contributed by atoms with E-state index >= 15 is 0 Å². The van der Waals surface area contributed by atoms with Crippen molar-refractivity contribution in [2.45, 2.75) is 26.6 Å². The largest absolute Gasteiger partial charge is 0.497 e. The van der Waals surface area contributed by atoms with Crippen LogP contribution < -0.4 is 20.6 Å². The summed E-state index contributed by atoms with van der Waals surface area (Å²) in [6.07, 6.45) is 6.97. The average Bonchev–Trinajstić information content (AvgIpc) is 3.59. The fourth-order valence-electron chi connectivity index (χ4n) is 4.36. The molecule has 0 aliphatic heterocycles. The number of aromatic amines is 1. The first-order valence-electron chi connectivity index (χ1n) is 12.8. The Morgan fingerprint density at radius 2 is 1.25 bits per heavy atom. The highest BCUT2D eigenvalue weighted by atomic mass is 16.5. The van der Waals surface area contributed by atoms with Crippen molar-refractivity contribution in [3.8, 4) is 11.5 Å². The minimum Gasteiger partial charge on any atom is -0.497 e. The van der Waals surface area contributed by atoms with Crippen LogP contribution in [0.4, 0.5) is 0 Å². The number of pyridine rings is 2. The Balaban J connectivity index is 0.000000162. The van der Waals surface area contributed by atoms with E-state index in [1.165, 1.54) is 0 Å². The lowest BCUT2D eigenvalue weighted by molar-refractivity contribution is 0.414. The van der Waals surface area contributed by atoms with Crippen molar-refractivity contribution < 1.29 is 9.47 Å². The first-order chi connectivity index (χ1) is 19.5. The van der Waals surface area contributed by atoms with Gasteiger partial charge in [0.2, 0.25) is 0 Å². The minimum atomic E-state index is -0.113. The number of hydrogen-bond donors (Lipinski definition) is 1. The lowest BCUT2D eigenvalue weighted by Gasteiger charge is -2.03. The normalized spacial score (nSPS) is 10.9. The number of nitrogens with zero attached hydrogens (tertiary/aromatic N) is 5. The molecule has 0 spiro atoms. The number of nitrogens with one attached hydrogen (secondary N) is 1. The van der Waals surface area contributed by atoms with Crippen LogP contribution >= 0.6 is 0 Å². The summed E-state index contributed by atoms with van der Waals surface area (Å²) in [6, 6.07) is 19.3. The molecule has 0 amide bonds. The Kier molecular flexibility index (Phi) is 7.77. The van der Waals surface area contributed by atoms with Crippen LogP contribution in [0.25, 0.3) is 21.8 Å². The summed E-state index contributed by atoms with van der Waals surface area (Å²) in [4.78, 5) is 26.4. The van der Waals surface area contributed by atoms with E-state index in [0.29, 0.717) is 35.9 Å². The molecular formula is C30H30N6O4. The van der Waals surface area contributed by atoms with Gasteiger partial charge in [-0.1, -0.05) is 24.3 Å². The standard InChI is InChI=1S/C16H17N3O2.C14H13N3O2/c1-3-18-9-8-15-14(16(18)20)11-19(17-15)10-12-4-6-13(21-2)7-5-12;1-19-11-4-2-10(3-5-11)8-17-9-12-13(16-17)6-7-15-14(12)18/h4-9,11H,3,10H2,1-2H3;2-7,9H,8H2,1H3,(H,15,18). The topological polar surface area (TPSA) is 109 Å². The van der Waals surface area contributed by atoms with Crippen molar-refractivity contribution in [1.29, 1.82) is 0 Å². The lowest BCUT2D eigenvalue weighted by atomic mass is 10.2. The summed E-state index contributed by atoms with van der Waals surface area (Å²) in [5, 5.41) is 10.1. The zero-order valence-electron chi connectivity index (χ0n) is 22.6. The van der Waals surface area contributed by atoms with E-state index in [1.807, 2.05) is 67.7 Å². The molecule has 2 aromatic carbocycles. The molecule has 0 saturated carbocycles. The van der Waals surface area contributed by atoms with Gasteiger partial charge in [0.05, 0.1) is 49.1 Å². The van der Waals surface area contributed by atoms with Crippen LogP contribution in [0.2, 0.25) is 0 Å². The number of methoxy groups -OCH3 is 2. The number of H-pyrrole nitrogens is 1. The Labute approximate surface area is 230 Å². The Morgan fingerprint density at radius 3 is 1.75 bits per heavy atom. The second-order valence-electron chi connectivity index (χ2n) is 9.16. The molecule has 10 heteroatoms. The van der Waals surface area contributed by atoms with Gasteiger partial charge in [-0.3, -0.25) is 19.0 Å². The quantitative estimate of drug-likeness (QED) is 0.328. The summed E-state index contributed by atoms with van der Waals surface area (Å²) in [5.41, 5.74) is 3.55. The average molecular weight is 539 g/mol. The molecule has 40 heavy (non-hydrogen) atoms. The Bertz CT molecular complexity index is 1850. The molecule has 0 atom stereocenters. The van der Waals surface area contributed by atoms with Crippen LogP contribution in [-0.2, 0) is 19.6 Å². The van der Waals surface area contributed by atoms with Gasteiger partial charge in [-0.25, -0.2) is 0 Å². The van der Waals surface area contributed by atoms with Crippen LogP contribution in [0.3, 0.4) is 0 Å². The molecule has 10 nitrogen and oxygen atoms in total. The number of rotatable bonds is 7. The predicted molar refractivity (Wildman–Crippen MR) is 154 cm³/mol. The van der Waals surface area contributed by atoms with E-state index in [0.717, 1.165) is 28.1 Å². The number of aromatic nitrogens is 6. The third kappa shape index (κ3) is 5.80. The number of hydrogen-bond acceptors (Lipinski definition) is 6. The summed E-state index contributed by atoms with van der Waals surface area (Å²) in [6.45, 7) is 3.87. The fraction of sp³-hybridized carbons (Fsp3) is 0.200. The number of fused-ring (bicyclic) bond motifs is 2. The second-order valence-corrected chi connectivity index (χ2v) is 9.16. The van der Waals surface area contributed by atoms with Gasteiger partial charge < -0.3 is 19.0 Å². The van der Waals surface area contributed by atoms with Gasteiger partial charge in [0, 0.05) is 31.3 Å². The second kappa shape index (κ2) is 11.7. The van der Waals surface area contributed by atoms with Gasteiger partial charge in [0.15, 0.2) is 0 Å². The van der Waals surface area contributed by atoms with Gasteiger partial charge in [0.25, 0.3) is 11.1 Å². The van der Waals surface area contributed by atoms with E-state index in [4.69, 9.17) is 9.47 Å². The summed E-state index contributed by atoms with van der Waals surface area (Å²) < 4.78 is 15.5. The van der Waals surface area contributed by atoms with Gasteiger partial charge >= 0.3 is 0 Å². The van der Waals surface area contributed by atoms with Crippen molar-refractivity contribution in [2.75, 3.05) is 14.2 Å². The van der Waals surface area contributed by atoms with E-state index in [9.17, 15) is 9.59 Å². The molecule has 0 aliphatic rings. The van der Waals surface area contributed by atoms with Gasteiger partial charge in [-0.2, -0.15) is 10.2 Å². The van der Waals surface area contributed by atoms with Crippen LogP contribution in [0.5, 0.6) is 11.5 Å². The smallest absolute Gasteiger partial charge is 0.261 e. The number of ether oxygens (including phenoxy) is 2. The highest BCUT2D eigenvalue weighted by Crippen LogP contribution is 2.15. The van der Waals surface area contributed by atoms with Crippen molar-refractivity contribution in [3.05, 3.63) is 117 Å². The fourth-order valence-corrected chi connectivity index (χ4v) is 4.36. The van der Waals surface area contributed by atoms with Crippen molar-refractivity contribution >= 4 is 21.8 Å². The lowest BCUT2D eigenvalue weighted by Crippen LogP contribution is -2.17. The summed E-state index contributed by atoms with van der Waals surface area (Å²) in [5.74, 6) is 1.65. The van der Waals surface area contributed by atoms with Crippen LogP contribution in [-0.4, -0.2) is 43.3 Å². The SMILES string of the molecule is CCn1ccc2nn(Cc3ccc(OC)cc3)cc2c1=O.COc1ccc(Cn2cc3c(=O)[nH]ccc3n2)cc1. The predicted octanol–water partition coefficient (Wildman–Crippen LogP) is 4.06. The third-order valence-electron chi connectivity index (χ3n) is 6.53. The first kappa shape index (κ1) is 26.5. The van der Waals surface area contributed by atoms with Gasteiger partial charge in [-0.05, 0) is 54.4 Å². The van der Waals surface area contributed by atoms with Gasteiger partial charge in [0.1, 0.15) is 11.5 Å². The van der Waals surface area contributed by atoms with E-state index in [-0.39, 0.29) is 11.1 Å². The zero-order chi connectivity index (χ0) is 28.1. The molecule has 6 aromatic rings. The van der Waals surface area contributed by atoms with E-state index < -0.39 is 0 Å². The molecule has 6 rings (SSSR count). The molecule has 204 valence electrons. The number of benzene rings is 2. The van der Waals surface area contributed by atoms with Crippen LogP contribution in [0.1, 0.15) is 18.1 Å². The molecule has 0 bridgehead atoms. The molecule has 0 unspecified atom stereocenters. The van der Waals surface area contributed by atoms with E-state index in [2.05, 4.69) is 15.2 Å². The molecule has 0 aliphatic carbocycles. The zero-order valence-corrected chi connectivity index (χ0v) is 22.6.